The number of para-hydroxylation sites is 1. The molecule has 0 aliphatic heterocycles. The number of halogens is 2. The number of anilines is 1. The summed E-state index contributed by atoms with van der Waals surface area (Å²) in [5.74, 6) is -2.92. The fourth-order valence-electron chi connectivity index (χ4n) is 2.72. The van der Waals surface area contributed by atoms with Gasteiger partial charge in [-0.2, -0.15) is 0 Å². The number of carbonyl (C=O) groups is 1. The van der Waals surface area contributed by atoms with Crippen LogP contribution in [0.15, 0.2) is 77.7 Å². The zero-order valence-corrected chi connectivity index (χ0v) is 16.2. The Morgan fingerprint density at radius 1 is 0.897 bits per heavy atom. The summed E-state index contributed by atoms with van der Waals surface area (Å²) in [6.45, 7) is 1.81. The second kappa shape index (κ2) is 8.40. The summed E-state index contributed by atoms with van der Waals surface area (Å²) in [7, 11) is -4.23. The lowest BCUT2D eigenvalue weighted by molar-refractivity contribution is 0.0941. The van der Waals surface area contributed by atoms with Crippen LogP contribution in [0.2, 0.25) is 0 Å². The number of carbonyl (C=O) groups excluding carboxylic acids is 1. The molecular weight excluding hydrogens is 398 g/mol. The minimum absolute atomic E-state index is 0.0231. The van der Waals surface area contributed by atoms with Gasteiger partial charge in [0.05, 0.1) is 22.2 Å². The largest absolute Gasteiger partial charge is 0.345 e. The molecule has 2 N–H and O–H groups in total. The lowest BCUT2D eigenvalue weighted by Crippen LogP contribution is -2.28. The molecule has 0 aliphatic carbocycles. The van der Waals surface area contributed by atoms with Crippen molar-refractivity contribution in [2.75, 3.05) is 4.72 Å². The van der Waals surface area contributed by atoms with Crippen molar-refractivity contribution in [1.29, 1.82) is 0 Å². The number of rotatable bonds is 6. The fraction of sp³-hybridized carbons (Fsp3) is 0.0952. The number of benzene rings is 3. The molecule has 0 heterocycles. The maximum atomic E-state index is 13.4. The molecule has 0 saturated carbocycles. The van der Waals surface area contributed by atoms with E-state index in [0.29, 0.717) is 6.07 Å². The molecule has 3 aromatic carbocycles. The van der Waals surface area contributed by atoms with Gasteiger partial charge in [-0.25, -0.2) is 17.2 Å². The highest BCUT2D eigenvalue weighted by atomic mass is 32.2. The van der Waals surface area contributed by atoms with Crippen LogP contribution in [0.1, 0.15) is 28.9 Å². The highest BCUT2D eigenvalue weighted by Gasteiger charge is 2.21. The smallest absolute Gasteiger partial charge is 0.262 e. The van der Waals surface area contributed by atoms with Crippen molar-refractivity contribution in [3.63, 3.8) is 0 Å². The Kier molecular flexibility index (Phi) is 5.93. The lowest BCUT2D eigenvalue weighted by Gasteiger charge is -2.17. The van der Waals surface area contributed by atoms with Crippen LogP contribution in [0.25, 0.3) is 0 Å². The second-order valence-corrected chi connectivity index (χ2v) is 8.02. The SMILES string of the molecule is C[C@@H](NC(=O)c1ccccc1NS(=O)(=O)c1ccc(F)c(F)c1)c1ccccc1. The minimum Gasteiger partial charge on any atom is -0.345 e. The van der Waals surface area contributed by atoms with E-state index in [4.69, 9.17) is 0 Å². The van der Waals surface area contributed by atoms with Crippen LogP contribution in [0.3, 0.4) is 0 Å². The third kappa shape index (κ3) is 4.78. The van der Waals surface area contributed by atoms with E-state index in [2.05, 4.69) is 10.0 Å². The van der Waals surface area contributed by atoms with Gasteiger partial charge in [-0.15, -0.1) is 0 Å². The molecule has 3 aromatic rings. The quantitative estimate of drug-likeness (QED) is 0.631. The number of sulfonamides is 1. The van der Waals surface area contributed by atoms with Gasteiger partial charge in [-0.05, 0) is 42.8 Å². The van der Waals surface area contributed by atoms with Crippen molar-refractivity contribution in [2.24, 2.45) is 0 Å². The zero-order chi connectivity index (χ0) is 21.0. The highest BCUT2D eigenvalue weighted by Crippen LogP contribution is 2.22. The Morgan fingerprint density at radius 2 is 1.55 bits per heavy atom. The van der Waals surface area contributed by atoms with Gasteiger partial charge in [0.15, 0.2) is 11.6 Å². The van der Waals surface area contributed by atoms with Crippen molar-refractivity contribution in [2.45, 2.75) is 17.9 Å². The van der Waals surface area contributed by atoms with E-state index in [9.17, 15) is 22.0 Å². The zero-order valence-electron chi connectivity index (χ0n) is 15.4. The normalized spacial score (nSPS) is 12.2. The Labute approximate surface area is 167 Å². The predicted molar refractivity (Wildman–Crippen MR) is 106 cm³/mol. The first-order chi connectivity index (χ1) is 13.8. The van der Waals surface area contributed by atoms with Gasteiger partial charge in [0.2, 0.25) is 0 Å². The molecule has 0 saturated heterocycles. The highest BCUT2D eigenvalue weighted by molar-refractivity contribution is 7.92. The molecule has 0 aliphatic rings. The van der Waals surface area contributed by atoms with E-state index in [1.165, 1.54) is 12.1 Å². The van der Waals surface area contributed by atoms with E-state index in [0.717, 1.165) is 17.7 Å². The van der Waals surface area contributed by atoms with E-state index in [1.54, 1.807) is 19.1 Å². The van der Waals surface area contributed by atoms with Crippen LogP contribution < -0.4 is 10.0 Å². The van der Waals surface area contributed by atoms with Crippen LogP contribution in [-0.4, -0.2) is 14.3 Å². The summed E-state index contributed by atoms with van der Waals surface area (Å²) in [5, 5.41) is 2.81. The van der Waals surface area contributed by atoms with E-state index >= 15 is 0 Å². The van der Waals surface area contributed by atoms with Gasteiger partial charge in [-0.3, -0.25) is 9.52 Å². The Balaban J connectivity index is 1.85. The maximum Gasteiger partial charge on any atom is 0.262 e. The number of amides is 1. The summed E-state index contributed by atoms with van der Waals surface area (Å²) in [6, 6.07) is 17.3. The van der Waals surface area contributed by atoms with Crippen LogP contribution in [-0.2, 0) is 10.0 Å². The summed E-state index contributed by atoms with van der Waals surface area (Å²) in [4.78, 5) is 12.3. The minimum atomic E-state index is -4.23. The molecule has 3 rings (SSSR count). The first-order valence-electron chi connectivity index (χ1n) is 8.70. The predicted octanol–water partition coefficient (Wildman–Crippen LogP) is 4.26. The van der Waals surface area contributed by atoms with Crippen molar-refractivity contribution in [3.8, 4) is 0 Å². The van der Waals surface area contributed by atoms with Crippen molar-refractivity contribution < 1.29 is 22.0 Å². The number of nitrogens with one attached hydrogen (secondary N) is 2. The molecular formula is C21H18F2N2O3S. The Morgan fingerprint density at radius 3 is 2.24 bits per heavy atom. The van der Waals surface area contributed by atoms with Crippen LogP contribution in [0.5, 0.6) is 0 Å². The molecule has 1 atom stereocenters. The lowest BCUT2D eigenvalue weighted by atomic mass is 10.1. The Hall–Kier alpha value is -3.26. The summed E-state index contributed by atoms with van der Waals surface area (Å²) < 4.78 is 53.9. The van der Waals surface area contributed by atoms with Crippen LogP contribution >= 0.6 is 0 Å². The van der Waals surface area contributed by atoms with Gasteiger partial charge >= 0.3 is 0 Å². The van der Waals surface area contributed by atoms with E-state index in [1.807, 2.05) is 30.3 Å². The van der Waals surface area contributed by atoms with Gasteiger partial charge in [0.25, 0.3) is 15.9 Å². The second-order valence-electron chi connectivity index (χ2n) is 6.33. The third-order valence-corrected chi connectivity index (χ3v) is 5.63. The summed E-state index contributed by atoms with van der Waals surface area (Å²) >= 11 is 0. The molecule has 0 spiro atoms. The average molecular weight is 416 g/mol. The molecule has 0 radical (unpaired) electrons. The number of hydrogen-bond donors (Lipinski definition) is 2. The molecule has 5 nitrogen and oxygen atoms in total. The molecule has 150 valence electrons. The first kappa shape index (κ1) is 20.5. The van der Waals surface area contributed by atoms with Gasteiger partial charge < -0.3 is 5.32 Å². The third-order valence-electron chi connectivity index (χ3n) is 4.26. The van der Waals surface area contributed by atoms with Crippen molar-refractivity contribution in [1.82, 2.24) is 5.32 Å². The topological polar surface area (TPSA) is 75.3 Å². The Bertz CT molecular complexity index is 1140. The van der Waals surface area contributed by atoms with E-state index < -0.39 is 32.5 Å². The molecule has 29 heavy (non-hydrogen) atoms. The van der Waals surface area contributed by atoms with Crippen LogP contribution in [0, 0.1) is 11.6 Å². The number of hydrogen-bond acceptors (Lipinski definition) is 3. The van der Waals surface area contributed by atoms with Crippen molar-refractivity contribution in [3.05, 3.63) is 95.6 Å². The molecule has 0 aromatic heterocycles. The first-order valence-corrected chi connectivity index (χ1v) is 10.2. The molecule has 0 unspecified atom stereocenters. The standard InChI is InChI=1S/C21H18F2N2O3S/c1-14(15-7-3-2-4-8-15)24-21(26)17-9-5-6-10-20(17)25-29(27,28)16-11-12-18(22)19(23)13-16/h2-14,25H,1H3,(H,24,26)/t14-/m1/s1. The van der Waals surface area contributed by atoms with Crippen LogP contribution in [0.4, 0.5) is 14.5 Å². The average Bonchev–Trinajstić information content (AvgIpc) is 2.70. The summed E-state index contributed by atoms with van der Waals surface area (Å²) in [6.07, 6.45) is 0. The van der Waals surface area contributed by atoms with Gasteiger partial charge in [-0.1, -0.05) is 42.5 Å². The fourth-order valence-corrected chi connectivity index (χ4v) is 3.81. The summed E-state index contributed by atoms with van der Waals surface area (Å²) in [5.41, 5.74) is 1.01. The molecule has 0 bridgehead atoms. The van der Waals surface area contributed by atoms with Gasteiger partial charge in [0, 0.05) is 0 Å². The van der Waals surface area contributed by atoms with E-state index in [-0.39, 0.29) is 17.3 Å². The maximum absolute atomic E-state index is 13.4. The molecule has 1 amide bonds. The molecule has 8 heteroatoms. The molecule has 0 fully saturated rings. The monoisotopic (exact) mass is 416 g/mol. The van der Waals surface area contributed by atoms with Gasteiger partial charge in [0.1, 0.15) is 0 Å². The van der Waals surface area contributed by atoms with Crippen molar-refractivity contribution >= 4 is 21.6 Å².